The number of benzene rings is 2. The van der Waals surface area contributed by atoms with Crippen LogP contribution in [0, 0.1) is 0 Å². The van der Waals surface area contributed by atoms with Gasteiger partial charge in [-0.3, -0.25) is 9.59 Å². The van der Waals surface area contributed by atoms with Gasteiger partial charge in [-0.2, -0.15) is 0 Å². The lowest BCUT2D eigenvalue weighted by Crippen LogP contribution is -2.16. The predicted octanol–water partition coefficient (Wildman–Crippen LogP) is 4.39. The third-order valence-electron chi connectivity index (χ3n) is 3.01. The molecule has 0 bridgehead atoms. The summed E-state index contributed by atoms with van der Waals surface area (Å²) in [4.78, 5) is 23.0. The minimum absolute atomic E-state index is 0.133. The third-order valence-corrected chi connectivity index (χ3v) is 3.45. The Balaban J connectivity index is 1.83. The van der Waals surface area contributed by atoms with E-state index in [0.29, 0.717) is 28.0 Å². The Bertz CT molecular complexity index is 730. The van der Waals surface area contributed by atoms with Gasteiger partial charge in [0.1, 0.15) is 0 Å². The summed E-state index contributed by atoms with van der Waals surface area (Å²) in [5, 5.41) is 9.51. The molecule has 0 saturated carbocycles. The lowest BCUT2D eigenvalue weighted by Gasteiger charge is -2.09. The molecular formula is C17H17Cl2N3O2. The van der Waals surface area contributed by atoms with Gasteiger partial charge in [0.2, 0.25) is 11.8 Å². The first kappa shape index (κ1) is 18.1. The van der Waals surface area contributed by atoms with Crippen molar-refractivity contribution in [2.24, 2.45) is 0 Å². The average molecular weight is 366 g/mol. The van der Waals surface area contributed by atoms with Crippen molar-refractivity contribution in [3.05, 3.63) is 52.5 Å². The quantitative estimate of drug-likeness (QED) is 0.710. The topological polar surface area (TPSA) is 70.2 Å². The molecule has 2 rings (SSSR count). The molecule has 3 N–H and O–H groups in total. The number of hydrogen-bond donors (Lipinski definition) is 3. The highest BCUT2D eigenvalue weighted by atomic mass is 35.5. The van der Waals surface area contributed by atoms with E-state index >= 15 is 0 Å². The van der Waals surface area contributed by atoms with E-state index in [9.17, 15) is 9.59 Å². The predicted molar refractivity (Wildman–Crippen MR) is 98.9 cm³/mol. The van der Waals surface area contributed by atoms with Crippen molar-refractivity contribution >= 4 is 52.1 Å². The highest BCUT2D eigenvalue weighted by Crippen LogP contribution is 2.22. The normalized spacial score (nSPS) is 10.1. The molecule has 0 unspecified atom stereocenters. The van der Waals surface area contributed by atoms with Crippen molar-refractivity contribution in [3.63, 3.8) is 0 Å². The summed E-state index contributed by atoms with van der Waals surface area (Å²) in [5.74, 6) is -0.287. The molecule has 0 aliphatic rings. The van der Waals surface area contributed by atoms with Gasteiger partial charge in [0.25, 0.3) is 0 Å². The van der Waals surface area contributed by atoms with Crippen LogP contribution >= 0.6 is 23.2 Å². The molecule has 0 radical (unpaired) electrons. The van der Waals surface area contributed by atoms with Crippen LogP contribution in [0.25, 0.3) is 0 Å². The Hall–Kier alpha value is -2.24. The fourth-order valence-electron chi connectivity index (χ4n) is 2.08. The van der Waals surface area contributed by atoms with Gasteiger partial charge in [0.05, 0.1) is 0 Å². The van der Waals surface area contributed by atoms with Crippen molar-refractivity contribution in [1.82, 2.24) is 0 Å². The first-order valence-electron chi connectivity index (χ1n) is 7.30. The SMILES string of the molecule is CC(=O)Nc1cccc(NCCC(=O)Nc2cc(Cl)cc(Cl)c2)c1. The Labute approximate surface area is 150 Å². The zero-order valence-electron chi connectivity index (χ0n) is 13.0. The molecule has 0 aromatic heterocycles. The number of nitrogens with one attached hydrogen (secondary N) is 3. The molecule has 2 aromatic carbocycles. The molecule has 24 heavy (non-hydrogen) atoms. The largest absolute Gasteiger partial charge is 0.384 e. The Kier molecular flexibility index (Phi) is 6.46. The van der Waals surface area contributed by atoms with E-state index in [1.165, 1.54) is 6.92 Å². The van der Waals surface area contributed by atoms with Gasteiger partial charge in [-0.15, -0.1) is 0 Å². The lowest BCUT2D eigenvalue weighted by molar-refractivity contribution is -0.116. The molecule has 0 spiro atoms. The van der Waals surface area contributed by atoms with Gasteiger partial charge < -0.3 is 16.0 Å². The summed E-state index contributed by atoms with van der Waals surface area (Å²) in [5.41, 5.74) is 2.08. The molecule has 2 aromatic rings. The fraction of sp³-hybridized carbons (Fsp3) is 0.176. The van der Waals surface area contributed by atoms with Crippen LogP contribution in [0.5, 0.6) is 0 Å². The van der Waals surface area contributed by atoms with Crippen LogP contribution < -0.4 is 16.0 Å². The number of rotatable bonds is 6. The van der Waals surface area contributed by atoms with E-state index in [4.69, 9.17) is 23.2 Å². The summed E-state index contributed by atoms with van der Waals surface area (Å²) in [6.45, 7) is 1.90. The summed E-state index contributed by atoms with van der Waals surface area (Å²) in [7, 11) is 0. The summed E-state index contributed by atoms with van der Waals surface area (Å²) < 4.78 is 0. The standard InChI is InChI=1S/C17H17Cl2N3O2/c1-11(23)21-15-4-2-3-14(10-15)20-6-5-17(24)22-16-8-12(18)7-13(19)9-16/h2-4,7-10,20H,5-6H2,1H3,(H,21,23)(H,22,24). The lowest BCUT2D eigenvalue weighted by atomic mass is 10.2. The number of carbonyl (C=O) groups is 2. The maximum absolute atomic E-state index is 11.9. The Morgan fingerprint density at radius 1 is 0.917 bits per heavy atom. The van der Waals surface area contributed by atoms with E-state index in [2.05, 4.69) is 16.0 Å². The minimum Gasteiger partial charge on any atom is -0.384 e. The number of halogens is 2. The second kappa shape index (κ2) is 8.57. The molecule has 126 valence electrons. The zero-order valence-corrected chi connectivity index (χ0v) is 14.5. The second-order valence-corrected chi connectivity index (χ2v) is 6.02. The van der Waals surface area contributed by atoms with E-state index < -0.39 is 0 Å². The Morgan fingerprint density at radius 2 is 1.58 bits per heavy atom. The first-order chi connectivity index (χ1) is 11.4. The maximum Gasteiger partial charge on any atom is 0.226 e. The van der Waals surface area contributed by atoms with E-state index in [1.54, 1.807) is 30.3 Å². The first-order valence-corrected chi connectivity index (χ1v) is 8.05. The Morgan fingerprint density at radius 3 is 2.25 bits per heavy atom. The van der Waals surface area contributed by atoms with Gasteiger partial charge in [-0.25, -0.2) is 0 Å². The van der Waals surface area contributed by atoms with Crippen molar-refractivity contribution in [2.45, 2.75) is 13.3 Å². The molecule has 0 fully saturated rings. The molecule has 7 heteroatoms. The van der Waals surface area contributed by atoms with Gasteiger partial charge in [0.15, 0.2) is 0 Å². The summed E-state index contributed by atoms with van der Waals surface area (Å²) in [6, 6.07) is 12.1. The van der Waals surface area contributed by atoms with E-state index in [1.807, 2.05) is 12.1 Å². The summed E-state index contributed by atoms with van der Waals surface area (Å²) in [6.07, 6.45) is 0.272. The number of carbonyl (C=O) groups excluding carboxylic acids is 2. The minimum atomic E-state index is -0.154. The van der Waals surface area contributed by atoms with Crippen LogP contribution in [-0.4, -0.2) is 18.4 Å². The fourth-order valence-corrected chi connectivity index (χ4v) is 2.61. The van der Waals surface area contributed by atoms with Crippen molar-refractivity contribution in [1.29, 1.82) is 0 Å². The zero-order chi connectivity index (χ0) is 17.5. The molecular weight excluding hydrogens is 349 g/mol. The van der Waals surface area contributed by atoms with Crippen molar-refractivity contribution in [3.8, 4) is 0 Å². The third kappa shape index (κ3) is 6.10. The number of amides is 2. The molecule has 0 aliphatic heterocycles. The maximum atomic E-state index is 11.9. The highest BCUT2D eigenvalue weighted by Gasteiger charge is 2.05. The van der Waals surface area contributed by atoms with Crippen LogP contribution in [0.2, 0.25) is 10.0 Å². The van der Waals surface area contributed by atoms with Crippen LogP contribution in [-0.2, 0) is 9.59 Å². The average Bonchev–Trinajstić information content (AvgIpc) is 2.45. The molecule has 0 saturated heterocycles. The number of anilines is 3. The van der Waals surface area contributed by atoms with Gasteiger partial charge in [-0.05, 0) is 36.4 Å². The highest BCUT2D eigenvalue weighted by molar-refractivity contribution is 6.35. The number of hydrogen-bond acceptors (Lipinski definition) is 3. The van der Waals surface area contributed by atoms with Gasteiger partial charge >= 0.3 is 0 Å². The van der Waals surface area contributed by atoms with Crippen LogP contribution in [0.3, 0.4) is 0 Å². The second-order valence-electron chi connectivity index (χ2n) is 5.15. The molecule has 0 heterocycles. The van der Waals surface area contributed by atoms with Crippen LogP contribution in [0.15, 0.2) is 42.5 Å². The van der Waals surface area contributed by atoms with E-state index in [0.717, 1.165) is 5.69 Å². The van der Waals surface area contributed by atoms with Gasteiger partial charge in [-0.1, -0.05) is 29.3 Å². The van der Waals surface area contributed by atoms with Crippen molar-refractivity contribution in [2.75, 3.05) is 22.5 Å². The molecule has 0 atom stereocenters. The van der Waals surface area contributed by atoms with E-state index in [-0.39, 0.29) is 18.2 Å². The van der Waals surface area contributed by atoms with Crippen molar-refractivity contribution < 1.29 is 9.59 Å². The molecule has 2 amide bonds. The molecule has 0 aliphatic carbocycles. The van der Waals surface area contributed by atoms with Gasteiger partial charge in [0, 0.05) is 47.0 Å². The smallest absolute Gasteiger partial charge is 0.226 e. The molecule has 5 nitrogen and oxygen atoms in total. The van der Waals surface area contributed by atoms with Crippen LogP contribution in [0.4, 0.5) is 17.1 Å². The summed E-state index contributed by atoms with van der Waals surface area (Å²) >= 11 is 11.8. The monoisotopic (exact) mass is 365 g/mol. The van der Waals surface area contributed by atoms with Crippen LogP contribution in [0.1, 0.15) is 13.3 Å².